The third kappa shape index (κ3) is 5.63. The zero-order valence-electron chi connectivity index (χ0n) is 22.5. The number of nitrogens with one attached hydrogen (secondary N) is 1. The minimum Gasteiger partial charge on any atom is -0.490 e. The number of aromatic nitrogens is 3. The molecule has 9 heteroatoms. The fraction of sp³-hybridized carbons (Fsp3) is 0.464. The number of hydrogen-bond donors (Lipinski definition) is 1. The van der Waals surface area contributed by atoms with Crippen molar-refractivity contribution < 1.29 is 4.74 Å². The minimum absolute atomic E-state index is 0.0139. The number of piperidine rings is 1. The van der Waals surface area contributed by atoms with Gasteiger partial charge in [-0.15, -0.1) is 17.9 Å². The molecule has 37 heavy (non-hydrogen) atoms. The predicted molar refractivity (Wildman–Crippen MR) is 151 cm³/mol. The standard InChI is InChI=1S/C28H37N7OS/c1-7-12-34-17-20-16-29-26(32-25(20)35(34)27-31-24(18-37-27)28(3,4)5)30-21-8-9-23(19(2)15-21)36-22-10-13-33(6)14-11-22/h7-9,15-16,18,22H,1,10-14,17H2,2-6H3,(H,29,30,32). The maximum Gasteiger partial charge on any atom is 0.229 e. The number of thiazole rings is 1. The lowest BCUT2D eigenvalue weighted by molar-refractivity contribution is 0.113. The Morgan fingerprint density at radius 1 is 1.22 bits per heavy atom. The van der Waals surface area contributed by atoms with E-state index in [0.717, 1.165) is 65.1 Å². The molecular weight excluding hydrogens is 482 g/mol. The van der Waals surface area contributed by atoms with Crippen LogP contribution in [0.3, 0.4) is 0 Å². The topological polar surface area (TPSA) is 69.7 Å². The summed E-state index contributed by atoms with van der Waals surface area (Å²) in [5, 5.41) is 10.7. The molecule has 0 spiro atoms. The maximum absolute atomic E-state index is 6.31. The molecule has 0 unspecified atom stereocenters. The Labute approximate surface area is 224 Å². The third-order valence-corrected chi connectivity index (χ3v) is 7.67. The Bertz CT molecular complexity index is 1260. The first-order chi connectivity index (χ1) is 17.7. The zero-order valence-corrected chi connectivity index (χ0v) is 23.3. The summed E-state index contributed by atoms with van der Waals surface area (Å²) < 4.78 is 6.31. The molecule has 0 amide bonds. The average molecular weight is 520 g/mol. The number of ether oxygens (including phenoxy) is 1. The first-order valence-electron chi connectivity index (χ1n) is 12.9. The van der Waals surface area contributed by atoms with Crippen molar-refractivity contribution in [3.05, 3.63) is 59.3 Å². The lowest BCUT2D eigenvalue weighted by Gasteiger charge is -2.29. The molecule has 0 aliphatic carbocycles. The molecule has 0 atom stereocenters. The molecule has 1 saturated heterocycles. The first-order valence-corrected chi connectivity index (χ1v) is 13.8. The normalized spacial score (nSPS) is 17.2. The number of hydrogen-bond acceptors (Lipinski definition) is 9. The lowest BCUT2D eigenvalue weighted by Crippen LogP contribution is -2.35. The van der Waals surface area contributed by atoms with Crippen LogP contribution < -0.4 is 15.1 Å². The Morgan fingerprint density at radius 3 is 2.68 bits per heavy atom. The Morgan fingerprint density at radius 2 is 2.00 bits per heavy atom. The molecule has 5 rings (SSSR count). The second kappa shape index (κ2) is 10.4. The smallest absolute Gasteiger partial charge is 0.229 e. The van der Waals surface area contributed by atoms with Gasteiger partial charge in [-0.05, 0) is 50.6 Å². The van der Waals surface area contributed by atoms with E-state index < -0.39 is 0 Å². The van der Waals surface area contributed by atoms with Gasteiger partial charge in [-0.25, -0.2) is 20.0 Å². The van der Waals surface area contributed by atoms with Crippen LogP contribution in [0.15, 0.2) is 42.4 Å². The molecule has 0 saturated carbocycles. The number of rotatable bonds is 7. The number of aryl methyl sites for hydroxylation is 1. The molecule has 0 bridgehead atoms. The van der Waals surface area contributed by atoms with Gasteiger partial charge < -0.3 is 15.0 Å². The van der Waals surface area contributed by atoms with Crippen LogP contribution in [0.4, 0.5) is 22.6 Å². The van der Waals surface area contributed by atoms with E-state index in [4.69, 9.17) is 14.7 Å². The molecule has 2 aromatic heterocycles. The largest absolute Gasteiger partial charge is 0.490 e. The molecule has 1 fully saturated rings. The van der Waals surface area contributed by atoms with E-state index >= 15 is 0 Å². The van der Waals surface area contributed by atoms with Crippen molar-refractivity contribution in [3.8, 4) is 5.75 Å². The summed E-state index contributed by atoms with van der Waals surface area (Å²) in [7, 11) is 2.17. The predicted octanol–water partition coefficient (Wildman–Crippen LogP) is 5.81. The van der Waals surface area contributed by atoms with Gasteiger partial charge >= 0.3 is 0 Å². The van der Waals surface area contributed by atoms with E-state index in [1.807, 2.05) is 24.4 Å². The van der Waals surface area contributed by atoms with Crippen molar-refractivity contribution in [2.75, 3.05) is 37.0 Å². The zero-order chi connectivity index (χ0) is 26.2. The van der Waals surface area contributed by atoms with E-state index in [0.29, 0.717) is 19.0 Å². The van der Waals surface area contributed by atoms with Crippen LogP contribution in [0.2, 0.25) is 0 Å². The number of benzene rings is 1. The van der Waals surface area contributed by atoms with Gasteiger partial charge in [0.2, 0.25) is 11.1 Å². The summed E-state index contributed by atoms with van der Waals surface area (Å²) in [5.74, 6) is 2.35. The first kappa shape index (κ1) is 25.6. The van der Waals surface area contributed by atoms with E-state index in [1.54, 1.807) is 11.3 Å². The Hall–Kier alpha value is -3.01. The molecule has 2 aliphatic rings. The lowest BCUT2D eigenvalue weighted by atomic mass is 9.93. The number of likely N-dealkylation sites (tertiary alicyclic amines) is 1. The number of anilines is 4. The summed E-state index contributed by atoms with van der Waals surface area (Å²) in [6.45, 7) is 16.2. The highest BCUT2D eigenvalue weighted by atomic mass is 32.1. The van der Waals surface area contributed by atoms with Crippen molar-refractivity contribution in [1.82, 2.24) is 24.9 Å². The van der Waals surface area contributed by atoms with Crippen LogP contribution in [0, 0.1) is 6.92 Å². The fourth-order valence-electron chi connectivity index (χ4n) is 4.64. The van der Waals surface area contributed by atoms with Crippen molar-refractivity contribution in [1.29, 1.82) is 0 Å². The van der Waals surface area contributed by atoms with E-state index in [2.05, 4.69) is 78.0 Å². The van der Waals surface area contributed by atoms with Gasteiger partial charge in [-0.1, -0.05) is 26.8 Å². The van der Waals surface area contributed by atoms with Gasteiger partial charge in [0.1, 0.15) is 11.9 Å². The summed E-state index contributed by atoms with van der Waals surface area (Å²) in [6, 6.07) is 6.18. The van der Waals surface area contributed by atoms with Crippen LogP contribution in [0.1, 0.15) is 50.4 Å². The quantitative estimate of drug-likeness (QED) is 0.392. The van der Waals surface area contributed by atoms with Crippen molar-refractivity contribution in [2.45, 2.75) is 58.6 Å². The van der Waals surface area contributed by atoms with Crippen LogP contribution in [0.25, 0.3) is 0 Å². The van der Waals surface area contributed by atoms with Crippen molar-refractivity contribution in [2.24, 2.45) is 0 Å². The highest BCUT2D eigenvalue weighted by Crippen LogP contribution is 2.39. The molecule has 196 valence electrons. The van der Waals surface area contributed by atoms with E-state index in [9.17, 15) is 0 Å². The van der Waals surface area contributed by atoms with Crippen LogP contribution >= 0.6 is 11.3 Å². The van der Waals surface area contributed by atoms with Crippen LogP contribution in [-0.4, -0.2) is 57.6 Å². The van der Waals surface area contributed by atoms with Gasteiger partial charge in [0.25, 0.3) is 0 Å². The average Bonchev–Trinajstić information content (AvgIpc) is 3.47. The third-order valence-electron chi connectivity index (χ3n) is 6.85. The van der Waals surface area contributed by atoms with Gasteiger partial charge in [0.05, 0.1) is 5.69 Å². The monoisotopic (exact) mass is 519 g/mol. The van der Waals surface area contributed by atoms with E-state index in [1.165, 1.54) is 0 Å². The number of fused-ring (bicyclic) bond motifs is 1. The number of nitrogens with zero attached hydrogens (tertiary/aromatic N) is 6. The van der Waals surface area contributed by atoms with Crippen molar-refractivity contribution in [3.63, 3.8) is 0 Å². The highest BCUT2D eigenvalue weighted by molar-refractivity contribution is 7.13. The van der Waals surface area contributed by atoms with Gasteiger partial charge in [-0.2, -0.15) is 4.98 Å². The molecule has 1 N–H and O–H groups in total. The molecule has 0 radical (unpaired) electrons. The van der Waals surface area contributed by atoms with E-state index in [-0.39, 0.29) is 11.5 Å². The molecule has 4 heterocycles. The molecule has 8 nitrogen and oxygen atoms in total. The maximum atomic E-state index is 6.31. The number of hydrazine groups is 1. The molecule has 2 aliphatic heterocycles. The SMILES string of the molecule is C=CCN1Cc2cnc(Nc3ccc(OC4CCN(C)CC4)c(C)c3)nc2N1c1nc(C(C)(C)C)cs1. The highest BCUT2D eigenvalue weighted by Gasteiger charge is 2.33. The molecular formula is C28H37N7OS. The Kier molecular flexibility index (Phi) is 7.20. The van der Waals surface area contributed by atoms with Gasteiger partial charge in [0.15, 0.2) is 5.82 Å². The van der Waals surface area contributed by atoms with Crippen LogP contribution in [0.5, 0.6) is 5.75 Å². The summed E-state index contributed by atoms with van der Waals surface area (Å²) in [6.07, 6.45) is 6.22. The van der Waals surface area contributed by atoms with Gasteiger partial charge in [0, 0.05) is 54.4 Å². The second-order valence-corrected chi connectivity index (χ2v) is 11.8. The Balaban J connectivity index is 1.35. The van der Waals surface area contributed by atoms with Gasteiger partial charge in [-0.3, -0.25) is 0 Å². The minimum atomic E-state index is -0.0139. The summed E-state index contributed by atoms with van der Waals surface area (Å²) in [4.78, 5) is 16.8. The summed E-state index contributed by atoms with van der Waals surface area (Å²) >= 11 is 1.64. The van der Waals surface area contributed by atoms with Crippen molar-refractivity contribution >= 4 is 33.9 Å². The molecule has 1 aromatic carbocycles. The summed E-state index contributed by atoms with van der Waals surface area (Å²) in [5.41, 5.74) is 4.16. The fourth-order valence-corrected chi connectivity index (χ4v) is 5.71. The second-order valence-electron chi connectivity index (χ2n) is 11.0. The van der Waals surface area contributed by atoms with Crippen LogP contribution in [-0.2, 0) is 12.0 Å². The molecule has 3 aromatic rings.